The van der Waals surface area contributed by atoms with Crippen LogP contribution in [0, 0.1) is 23.7 Å². The van der Waals surface area contributed by atoms with Crippen LogP contribution in [0.1, 0.15) is 396 Å². The molecule has 0 aliphatic heterocycles. The quantitative estimate of drug-likeness (QED) is 0.0222. The summed E-state index contributed by atoms with van der Waals surface area (Å²) >= 11 is 0. The van der Waals surface area contributed by atoms with Gasteiger partial charge in [0, 0.05) is 25.7 Å². The molecule has 7 atom stereocenters. The molecule has 0 aromatic rings. The van der Waals surface area contributed by atoms with Crippen molar-refractivity contribution in [3.8, 4) is 0 Å². The summed E-state index contributed by atoms with van der Waals surface area (Å²) in [5.74, 6) is 0.962. The molecule has 0 rings (SSSR count). The predicted molar refractivity (Wildman–Crippen MR) is 395 cm³/mol. The van der Waals surface area contributed by atoms with Crippen molar-refractivity contribution in [3.63, 3.8) is 0 Å². The fourth-order valence-corrected chi connectivity index (χ4v) is 13.4. The highest BCUT2D eigenvalue weighted by atomic mass is 31.2. The van der Waals surface area contributed by atoms with Gasteiger partial charge < -0.3 is 33.8 Å². The number of carbonyl (C=O) groups is 4. The number of hydrogen-bond donors (Lipinski definition) is 3. The zero-order valence-electron chi connectivity index (χ0n) is 63.7. The van der Waals surface area contributed by atoms with Crippen molar-refractivity contribution >= 4 is 39.5 Å². The van der Waals surface area contributed by atoms with Crippen LogP contribution in [0.5, 0.6) is 0 Å². The number of unbranched alkanes of at least 4 members (excludes halogenated alkanes) is 39. The topological polar surface area (TPSA) is 237 Å². The minimum absolute atomic E-state index is 0.106. The van der Waals surface area contributed by atoms with Crippen LogP contribution in [0.25, 0.3) is 0 Å². The number of phosphoric ester groups is 2. The third-order valence-electron chi connectivity index (χ3n) is 18.8. The van der Waals surface area contributed by atoms with Crippen molar-refractivity contribution in [1.82, 2.24) is 0 Å². The molecular weight excluding hydrogens is 1270 g/mol. The first-order chi connectivity index (χ1) is 46.7. The lowest BCUT2D eigenvalue weighted by molar-refractivity contribution is -0.161. The predicted octanol–water partition coefficient (Wildman–Crippen LogP) is 22.8. The molecule has 0 saturated carbocycles. The van der Waals surface area contributed by atoms with Gasteiger partial charge in [0.15, 0.2) is 12.2 Å². The van der Waals surface area contributed by atoms with E-state index in [9.17, 15) is 43.2 Å². The van der Waals surface area contributed by atoms with Crippen LogP contribution in [0.15, 0.2) is 0 Å². The molecule has 0 heterocycles. The lowest BCUT2D eigenvalue weighted by Gasteiger charge is -2.21. The van der Waals surface area contributed by atoms with E-state index in [0.29, 0.717) is 31.6 Å². The van der Waals surface area contributed by atoms with E-state index in [1.165, 1.54) is 186 Å². The van der Waals surface area contributed by atoms with E-state index in [2.05, 4.69) is 55.4 Å². The Morgan fingerprint density at radius 2 is 0.495 bits per heavy atom. The molecule has 0 aromatic carbocycles. The summed E-state index contributed by atoms with van der Waals surface area (Å²) in [6.45, 7) is 14.2. The van der Waals surface area contributed by atoms with E-state index in [1.807, 2.05) is 0 Å². The Kier molecular flexibility index (Phi) is 65.9. The number of aliphatic hydroxyl groups excluding tert-OH is 1. The number of rotatable bonds is 75. The molecule has 0 bridgehead atoms. The first-order valence-electron chi connectivity index (χ1n) is 40.3. The van der Waals surface area contributed by atoms with E-state index in [-0.39, 0.29) is 25.7 Å². The molecule has 3 N–H and O–H groups in total. The number of carbonyl (C=O) groups excluding carboxylic acids is 4. The summed E-state index contributed by atoms with van der Waals surface area (Å²) in [6, 6.07) is 0. The Labute approximate surface area is 594 Å². The molecular formula is C78H152O17P2. The third-order valence-corrected chi connectivity index (χ3v) is 20.7. The van der Waals surface area contributed by atoms with E-state index < -0.39 is 97.5 Å². The molecule has 19 heteroatoms. The lowest BCUT2D eigenvalue weighted by atomic mass is 9.99. The summed E-state index contributed by atoms with van der Waals surface area (Å²) in [4.78, 5) is 72.8. The number of hydrogen-bond acceptors (Lipinski definition) is 15. The molecule has 0 amide bonds. The fraction of sp³-hybridized carbons (Fsp3) is 0.949. The van der Waals surface area contributed by atoms with Crippen molar-refractivity contribution in [1.29, 1.82) is 0 Å². The second-order valence-corrected chi connectivity index (χ2v) is 32.4. The molecule has 0 saturated heterocycles. The summed E-state index contributed by atoms with van der Waals surface area (Å²) < 4.78 is 68.5. The summed E-state index contributed by atoms with van der Waals surface area (Å²) in [5, 5.41) is 10.6. The Hall–Kier alpha value is -1.94. The highest BCUT2D eigenvalue weighted by molar-refractivity contribution is 7.47. The molecule has 0 spiro atoms. The second-order valence-electron chi connectivity index (χ2n) is 29.5. The minimum atomic E-state index is -4.96. The maximum absolute atomic E-state index is 13.1. The van der Waals surface area contributed by atoms with Crippen LogP contribution < -0.4 is 0 Å². The first-order valence-corrected chi connectivity index (χ1v) is 43.3. The molecule has 97 heavy (non-hydrogen) atoms. The maximum Gasteiger partial charge on any atom is 0.472 e. The molecule has 0 aromatic heterocycles. The van der Waals surface area contributed by atoms with Crippen molar-refractivity contribution < 1.29 is 80.2 Å². The van der Waals surface area contributed by atoms with Gasteiger partial charge in [-0.25, -0.2) is 9.13 Å². The molecule has 576 valence electrons. The molecule has 0 fully saturated rings. The Balaban J connectivity index is 5.17. The van der Waals surface area contributed by atoms with Gasteiger partial charge in [-0.3, -0.25) is 37.3 Å². The van der Waals surface area contributed by atoms with Gasteiger partial charge in [0.1, 0.15) is 19.3 Å². The monoisotopic (exact) mass is 1420 g/mol. The minimum Gasteiger partial charge on any atom is -0.462 e. The molecule has 0 radical (unpaired) electrons. The smallest absolute Gasteiger partial charge is 0.462 e. The average Bonchev–Trinajstić information content (AvgIpc) is 1.20. The number of phosphoric acid groups is 2. The van der Waals surface area contributed by atoms with Crippen LogP contribution in [-0.2, 0) is 65.4 Å². The van der Waals surface area contributed by atoms with Crippen molar-refractivity contribution in [2.45, 2.75) is 414 Å². The summed E-state index contributed by atoms with van der Waals surface area (Å²) in [6.07, 6.45) is 52.9. The normalized spacial score (nSPS) is 14.6. The van der Waals surface area contributed by atoms with Crippen molar-refractivity contribution in [2.75, 3.05) is 39.6 Å². The highest BCUT2D eigenvalue weighted by Gasteiger charge is 2.30. The van der Waals surface area contributed by atoms with Gasteiger partial charge in [-0.15, -0.1) is 0 Å². The molecule has 4 unspecified atom stereocenters. The number of ether oxygens (including phenoxy) is 4. The van der Waals surface area contributed by atoms with Crippen LogP contribution in [0.2, 0.25) is 0 Å². The SMILES string of the molecule is CCC(C)CCCCCCCCCCCCCCCCCCCCC(=O)O[C@H](COC(=O)CCCCCCCCCC(C)C)COP(=O)(O)OC[C@@H](O)COP(=O)(O)OC[C@@H](COC(=O)CCCCCCCCC(C)CC)OC(=O)CCCCCCCCCCCCCCC(C)C. The lowest BCUT2D eigenvalue weighted by Crippen LogP contribution is -2.30. The summed E-state index contributed by atoms with van der Waals surface area (Å²) in [5.41, 5.74) is 0. The van der Waals surface area contributed by atoms with Crippen molar-refractivity contribution in [3.05, 3.63) is 0 Å². The molecule has 0 aliphatic rings. The van der Waals surface area contributed by atoms with Gasteiger partial charge >= 0.3 is 39.5 Å². The van der Waals surface area contributed by atoms with Crippen LogP contribution in [0.4, 0.5) is 0 Å². The van der Waals surface area contributed by atoms with Gasteiger partial charge in [0.25, 0.3) is 0 Å². The van der Waals surface area contributed by atoms with Crippen molar-refractivity contribution in [2.24, 2.45) is 23.7 Å². The first kappa shape index (κ1) is 95.1. The largest absolute Gasteiger partial charge is 0.472 e. The number of esters is 4. The van der Waals surface area contributed by atoms with Gasteiger partial charge in [-0.2, -0.15) is 0 Å². The third kappa shape index (κ3) is 69.5. The van der Waals surface area contributed by atoms with E-state index in [4.69, 9.17) is 37.0 Å². The van der Waals surface area contributed by atoms with E-state index >= 15 is 0 Å². The Morgan fingerprint density at radius 1 is 0.289 bits per heavy atom. The zero-order chi connectivity index (χ0) is 71.7. The number of aliphatic hydroxyl groups is 1. The van der Waals surface area contributed by atoms with Gasteiger partial charge in [-0.1, -0.05) is 344 Å². The van der Waals surface area contributed by atoms with Crippen LogP contribution in [0.3, 0.4) is 0 Å². The second kappa shape index (κ2) is 67.2. The highest BCUT2D eigenvalue weighted by Crippen LogP contribution is 2.45. The van der Waals surface area contributed by atoms with Crippen LogP contribution in [-0.4, -0.2) is 96.7 Å². The Bertz CT molecular complexity index is 1910. The summed E-state index contributed by atoms with van der Waals surface area (Å²) in [7, 11) is -9.91. The van der Waals surface area contributed by atoms with E-state index in [0.717, 1.165) is 120 Å². The fourth-order valence-electron chi connectivity index (χ4n) is 11.8. The standard InChI is InChI=1S/C78H152O17P2/c1-9-70(7)56-48-40-32-26-22-17-15-13-11-12-14-16-18-23-27-33-44-52-60-77(82)94-73(64-88-75(80)58-50-42-35-29-31-39-47-55-69(5)6)66-92-96(84,85)90-62-72(79)63-91-97(86,87)93-67-74(65-89-76(81)59-51-43-37-36-41-49-57-71(8)10-2)95-78(83)61-53-45-34-28-24-20-19-21-25-30-38-46-54-68(3)4/h68-74,79H,9-67H2,1-8H3,(H,84,85)(H,86,87)/t70?,71?,72-,73-,74-/m1/s1. The molecule has 17 nitrogen and oxygen atoms in total. The molecule has 0 aliphatic carbocycles. The van der Waals surface area contributed by atoms with E-state index in [1.54, 1.807) is 0 Å². The van der Waals surface area contributed by atoms with Gasteiger partial charge in [0.2, 0.25) is 0 Å². The maximum atomic E-state index is 13.1. The zero-order valence-corrected chi connectivity index (χ0v) is 65.5. The van der Waals surface area contributed by atoms with Gasteiger partial charge in [0.05, 0.1) is 26.4 Å². The average molecular weight is 1420 g/mol. The van der Waals surface area contributed by atoms with Gasteiger partial charge in [-0.05, 0) is 49.4 Å². The Morgan fingerprint density at radius 3 is 0.732 bits per heavy atom. The van der Waals surface area contributed by atoms with Crippen LogP contribution >= 0.6 is 15.6 Å².